The van der Waals surface area contributed by atoms with Crippen molar-refractivity contribution in [3.8, 4) is 0 Å². The van der Waals surface area contributed by atoms with E-state index in [1.165, 1.54) is 18.2 Å². The molecule has 110 valence electrons. The summed E-state index contributed by atoms with van der Waals surface area (Å²) >= 11 is 1.49. The third-order valence-corrected chi connectivity index (χ3v) is 6.76. The maximum atomic E-state index is 12.2. The van der Waals surface area contributed by atoms with Crippen LogP contribution >= 0.6 is 11.8 Å². The van der Waals surface area contributed by atoms with Crippen LogP contribution in [0.1, 0.15) is 38.5 Å². The highest BCUT2D eigenvalue weighted by Crippen LogP contribution is 2.30. The molecule has 1 unspecified atom stereocenters. The van der Waals surface area contributed by atoms with Gasteiger partial charge in [0.2, 0.25) is 10.0 Å². The molecular formula is C12H21NO4S2. The first-order valence-electron chi connectivity index (χ1n) is 6.76. The lowest BCUT2D eigenvalue weighted by Crippen LogP contribution is -2.55. The molecule has 5 nitrogen and oxygen atoms in total. The number of carboxylic acid groups (broad SMARTS) is 1. The Morgan fingerprint density at radius 1 is 1.32 bits per heavy atom. The summed E-state index contributed by atoms with van der Waals surface area (Å²) in [6.07, 6.45) is 5.60. The van der Waals surface area contributed by atoms with Crippen LogP contribution in [0.3, 0.4) is 0 Å². The Morgan fingerprint density at radius 2 is 2.00 bits per heavy atom. The molecule has 1 saturated heterocycles. The smallest absolute Gasteiger partial charge is 0.325 e. The van der Waals surface area contributed by atoms with Crippen molar-refractivity contribution in [2.75, 3.05) is 17.3 Å². The number of carbonyl (C=O) groups is 1. The van der Waals surface area contributed by atoms with Crippen LogP contribution < -0.4 is 4.72 Å². The van der Waals surface area contributed by atoms with E-state index >= 15 is 0 Å². The van der Waals surface area contributed by atoms with Gasteiger partial charge in [-0.1, -0.05) is 19.3 Å². The first kappa shape index (κ1) is 15.1. The van der Waals surface area contributed by atoms with Crippen LogP contribution in [0.4, 0.5) is 0 Å². The number of sulfonamides is 1. The Hall–Kier alpha value is -0.270. The quantitative estimate of drug-likeness (QED) is 0.803. The molecule has 0 aromatic rings. The average molecular weight is 307 g/mol. The van der Waals surface area contributed by atoms with E-state index in [9.17, 15) is 18.3 Å². The zero-order chi connectivity index (χ0) is 13.9. The molecule has 19 heavy (non-hydrogen) atoms. The fraction of sp³-hybridized carbons (Fsp3) is 0.917. The van der Waals surface area contributed by atoms with Crippen LogP contribution in [0.2, 0.25) is 0 Å². The first-order chi connectivity index (χ1) is 8.94. The van der Waals surface area contributed by atoms with Crippen LogP contribution in [0.15, 0.2) is 0 Å². The molecule has 0 spiro atoms. The molecule has 7 heteroatoms. The van der Waals surface area contributed by atoms with Gasteiger partial charge in [-0.15, -0.1) is 0 Å². The predicted molar refractivity (Wildman–Crippen MR) is 75.8 cm³/mol. The van der Waals surface area contributed by atoms with E-state index in [2.05, 4.69) is 4.72 Å². The van der Waals surface area contributed by atoms with Crippen molar-refractivity contribution in [2.45, 2.75) is 44.1 Å². The Balaban J connectivity index is 2.01. The van der Waals surface area contributed by atoms with Crippen molar-refractivity contribution < 1.29 is 18.3 Å². The van der Waals surface area contributed by atoms with Gasteiger partial charge in [0, 0.05) is 5.75 Å². The molecule has 1 heterocycles. The number of rotatable bonds is 5. The summed E-state index contributed by atoms with van der Waals surface area (Å²) < 4.78 is 26.8. The van der Waals surface area contributed by atoms with E-state index in [1.807, 2.05) is 0 Å². The van der Waals surface area contributed by atoms with E-state index in [4.69, 9.17) is 0 Å². The monoisotopic (exact) mass is 307 g/mol. The molecule has 2 fully saturated rings. The fourth-order valence-corrected chi connectivity index (χ4v) is 6.17. The molecule has 0 bridgehead atoms. The van der Waals surface area contributed by atoms with Gasteiger partial charge in [-0.25, -0.2) is 8.42 Å². The van der Waals surface area contributed by atoms with Gasteiger partial charge in [0.25, 0.3) is 0 Å². The Morgan fingerprint density at radius 3 is 2.53 bits per heavy atom. The molecule has 1 atom stereocenters. The van der Waals surface area contributed by atoms with E-state index < -0.39 is 21.5 Å². The zero-order valence-electron chi connectivity index (χ0n) is 10.9. The molecule has 0 radical (unpaired) electrons. The number of nitrogens with one attached hydrogen (secondary N) is 1. The zero-order valence-corrected chi connectivity index (χ0v) is 12.6. The predicted octanol–water partition coefficient (Wildman–Crippen LogP) is 1.45. The molecule has 2 rings (SSSR count). The first-order valence-corrected chi connectivity index (χ1v) is 9.57. The highest BCUT2D eigenvalue weighted by atomic mass is 32.2. The number of aliphatic carboxylic acids is 1. The van der Waals surface area contributed by atoms with E-state index in [1.54, 1.807) is 0 Å². The van der Waals surface area contributed by atoms with Gasteiger partial charge in [-0.3, -0.25) is 4.79 Å². The van der Waals surface area contributed by atoms with Crippen molar-refractivity contribution in [3.05, 3.63) is 0 Å². The van der Waals surface area contributed by atoms with Crippen molar-refractivity contribution in [1.29, 1.82) is 0 Å². The molecule has 1 aliphatic carbocycles. The van der Waals surface area contributed by atoms with Crippen molar-refractivity contribution >= 4 is 27.8 Å². The molecule has 0 aromatic heterocycles. The minimum atomic E-state index is -3.51. The SMILES string of the molecule is O=C(O)C1(NS(=O)(=O)CC2CCCCC2)CCSC1. The minimum absolute atomic E-state index is 0.0761. The molecule has 0 amide bonds. The molecule has 1 aliphatic heterocycles. The van der Waals surface area contributed by atoms with Gasteiger partial charge < -0.3 is 5.11 Å². The second-order valence-electron chi connectivity index (χ2n) is 5.58. The summed E-state index contributed by atoms with van der Waals surface area (Å²) in [6.45, 7) is 0. The van der Waals surface area contributed by atoms with Crippen LogP contribution in [0.5, 0.6) is 0 Å². The standard InChI is InChI=1S/C12H21NO4S2/c14-11(15)12(6-7-18-9-12)13-19(16,17)8-10-4-2-1-3-5-10/h10,13H,1-9H2,(H,14,15). The molecular weight excluding hydrogens is 286 g/mol. The topological polar surface area (TPSA) is 83.5 Å². The van der Waals surface area contributed by atoms with Crippen LogP contribution in [-0.2, 0) is 14.8 Å². The van der Waals surface area contributed by atoms with Gasteiger partial charge in [0.05, 0.1) is 5.75 Å². The average Bonchev–Trinajstić information content (AvgIpc) is 2.78. The van der Waals surface area contributed by atoms with Crippen LogP contribution in [-0.4, -0.2) is 42.3 Å². The third kappa shape index (κ3) is 3.86. The summed E-state index contributed by atoms with van der Waals surface area (Å²) in [5.74, 6) is 0.229. The molecule has 2 N–H and O–H groups in total. The number of hydrogen-bond donors (Lipinski definition) is 2. The maximum absolute atomic E-state index is 12.2. The summed E-state index contributed by atoms with van der Waals surface area (Å²) in [7, 11) is -3.51. The highest BCUT2D eigenvalue weighted by molar-refractivity contribution is 7.99. The van der Waals surface area contributed by atoms with Gasteiger partial charge in [-0.05, 0) is 30.9 Å². The lowest BCUT2D eigenvalue weighted by Gasteiger charge is -2.27. The van der Waals surface area contributed by atoms with Gasteiger partial charge in [0.15, 0.2) is 0 Å². The van der Waals surface area contributed by atoms with Crippen molar-refractivity contribution in [1.82, 2.24) is 4.72 Å². The largest absolute Gasteiger partial charge is 0.480 e. The lowest BCUT2D eigenvalue weighted by molar-refractivity contribution is -0.142. The Kier molecular flexibility index (Phi) is 4.79. The maximum Gasteiger partial charge on any atom is 0.325 e. The summed E-state index contributed by atoms with van der Waals surface area (Å²) in [5.41, 5.74) is -1.28. The number of carboxylic acids is 1. The Bertz CT molecular complexity index is 423. The van der Waals surface area contributed by atoms with Gasteiger partial charge in [0.1, 0.15) is 5.54 Å². The minimum Gasteiger partial charge on any atom is -0.480 e. The fourth-order valence-electron chi connectivity index (χ4n) is 2.86. The van der Waals surface area contributed by atoms with Crippen LogP contribution in [0, 0.1) is 5.92 Å². The van der Waals surface area contributed by atoms with E-state index in [0.29, 0.717) is 17.9 Å². The van der Waals surface area contributed by atoms with E-state index in [-0.39, 0.29) is 11.7 Å². The summed E-state index contributed by atoms with van der Waals surface area (Å²) in [6, 6.07) is 0. The summed E-state index contributed by atoms with van der Waals surface area (Å²) in [5, 5.41) is 9.29. The van der Waals surface area contributed by atoms with Gasteiger partial charge in [-0.2, -0.15) is 16.5 Å². The van der Waals surface area contributed by atoms with Crippen molar-refractivity contribution in [3.63, 3.8) is 0 Å². The van der Waals surface area contributed by atoms with E-state index in [0.717, 1.165) is 25.7 Å². The number of thioether (sulfide) groups is 1. The molecule has 1 saturated carbocycles. The lowest BCUT2D eigenvalue weighted by atomic mass is 9.91. The third-order valence-electron chi connectivity index (χ3n) is 3.96. The summed E-state index contributed by atoms with van der Waals surface area (Å²) in [4.78, 5) is 11.4. The Labute approximate surface area is 118 Å². The molecule has 2 aliphatic rings. The number of hydrogen-bond acceptors (Lipinski definition) is 4. The normalized spacial score (nSPS) is 29.5. The second kappa shape index (κ2) is 6.01. The highest BCUT2D eigenvalue weighted by Gasteiger charge is 2.45. The molecule has 0 aromatic carbocycles. The second-order valence-corrected chi connectivity index (χ2v) is 8.45. The van der Waals surface area contributed by atoms with Crippen molar-refractivity contribution in [2.24, 2.45) is 5.92 Å². The van der Waals surface area contributed by atoms with Gasteiger partial charge >= 0.3 is 5.97 Å². The van der Waals surface area contributed by atoms with Crippen LogP contribution in [0.25, 0.3) is 0 Å².